The van der Waals surface area contributed by atoms with Crippen molar-refractivity contribution >= 4 is 23.7 Å². The van der Waals surface area contributed by atoms with Gasteiger partial charge in [-0.15, -0.1) is 0 Å². The number of nitrogens with two attached hydrogens (primary N) is 1. The predicted octanol–water partition coefficient (Wildman–Crippen LogP) is 0.957. The molecule has 198 valence electrons. The second-order valence-electron chi connectivity index (χ2n) is 9.97. The van der Waals surface area contributed by atoms with Crippen LogP contribution >= 0.6 is 0 Å². The predicted molar refractivity (Wildman–Crippen MR) is 132 cm³/mol. The largest absolute Gasteiger partial charge is 0.480 e. The van der Waals surface area contributed by atoms with Gasteiger partial charge in [0.2, 0.25) is 17.7 Å². The van der Waals surface area contributed by atoms with Crippen LogP contribution in [-0.2, 0) is 25.6 Å². The van der Waals surface area contributed by atoms with Gasteiger partial charge in [0.1, 0.15) is 18.1 Å². The van der Waals surface area contributed by atoms with Gasteiger partial charge in [0, 0.05) is 18.3 Å². The van der Waals surface area contributed by atoms with Gasteiger partial charge in [0.15, 0.2) is 0 Å². The number of H-pyrrole nitrogens is 1. The van der Waals surface area contributed by atoms with Gasteiger partial charge in [-0.25, -0.2) is 9.78 Å². The number of carbonyl (C=O) groups excluding carboxylic acids is 3. The number of carboxylic acids is 1. The molecule has 0 spiro atoms. The number of nitrogens with one attached hydrogen (secondary N) is 4. The lowest BCUT2D eigenvalue weighted by molar-refractivity contribution is -0.143. The SMILES string of the molecule is CCC(C)C(N)C(=O)NC(Cc1cnc[nH]1)C(=O)NC(CC(C)C)C(=O)NC(CC(C)C)C(=O)O. The Morgan fingerprint density at radius 3 is 1.91 bits per heavy atom. The minimum Gasteiger partial charge on any atom is -0.480 e. The van der Waals surface area contributed by atoms with E-state index in [0.717, 1.165) is 0 Å². The minimum absolute atomic E-state index is 0.0406. The summed E-state index contributed by atoms with van der Waals surface area (Å²) in [4.78, 5) is 57.5. The number of aliphatic carboxylic acids is 1. The average Bonchev–Trinajstić information content (AvgIpc) is 3.28. The van der Waals surface area contributed by atoms with Crippen molar-refractivity contribution in [3.63, 3.8) is 0 Å². The molecule has 0 radical (unpaired) electrons. The molecule has 0 aromatic carbocycles. The third kappa shape index (κ3) is 10.5. The topological polar surface area (TPSA) is 179 Å². The second-order valence-corrected chi connectivity index (χ2v) is 9.97. The Morgan fingerprint density at radius 2 is 1.43 bits per heavy atom. The Morgan fingerprint density at radius 1 is 0.914 bits per heavy atom. The highest BCUT2D eigenvalue weighted by atomic mass is 16.4. The number of carboxylic acid groups (broad SMARTS) is 1. The first-order valence-corrected chi connectivity index (χ1v) is 12.2. The van der Waals surface area contributed by atoms with E-state index in [1.54, 1.807) is 6.20 Å². The Kier molecular flexibility index (Phi) is 12.4. The van der Waals surface area contributed by atoms with Crippen molar-refractivity contribution in [3.8, 4) is 0 Å². The third-order valence-electron chi connectivity index (χ3n) is 5.83. The average molecular weight is 495 g/mol. The van der Waals surface area contributed by atoms with Gasteiger partial charge >= 0.3 is 5.97 Å². The lowest BCUT2D eigenvalue weighted by Gasteiger charge is -2.27. The van der Waals surface area contributed by atoms with Crippen LogP contribution in [-0.4, -0.2) is 62.9 Å². The molecule has 0 aliphatic heterocycles. The highest BCUT2D eigenvalue weighted by Crippen LogP contribution is 2.11. The van der Waals surface area contributed by atoms with Gasteiger partial charge in [-0.3, -0.25) is 14.4 Å². The maximum absolute atomic E-state index is 13.3. The molecular weight excluding hydrogens is 452 g/mol. The summed E-state index contributed by atoms with van der Waals surface area (Å²) in [7, 11) is 0. The summed E-state index contributed by atoms with van der Waals surface area (Å²) < 4.78 is 0. The van der Waals surface area contributed by atoms with Gasteiger partial charge in [0.25, 0.3) is 0 Å². The molecule has 7 N–H and O–H groups in total. The van der Waals surface area contributed by atoms with Gasteiger partial charge in [-0.2, -0.15) is 0 Å². The fraction of sp³-hybridized carbons (Fsp3) is 0.708. The molecule has 0 aliphatic carbocycles. The molecule has 11 nitrogen and oxygen atoms in total. The molecule has 3 amide bonds. The Balaban J connectivity index is 3.07. The molecule has 0 aliphatic rings. The Hall–Kier alpha value is -2.95. The van der Waals surface area contributed by atoms with E-state index in [1.807, 2.05) is 41.5 Å². The first kappa shape index (κ1) is 30.1. The summed E-state index contributed by atoms with van der Waals surface area (Å²) in [6, 6.07) is -3.84. The van der Waals surface area contributed by atoms with Crippen molar-refractivity contribution in [1.82, 2.24) is 25.9 Å². The van der Waals surface area contributed by atoms with Crippen molar-refractivity contribution < 1.29 is 24.3 Å². The van der Waals surface area contributed by atoms with Crippen LogP contribution in [0.5, 0.6) is 0 Å². The smallest absolute Gasteiger partial charge is 0.326 e. The monoisotopic (exact) mass is 494 g/mol. The van der Waals surface area contributed by atoms with Crippen LogP contribution < -0.4 is 21.7 Å². The van der Waals surface area contributed by atoms with E-state index in [1.165, 1.54) is 6.33 Å². The summed E-state index contributed by atoms with van der Waals surface area (Å²) in [6.07, 6.45) is 4.38. The molecule has 5 atom stereocenters. The van der Waals surface area contributed by atoms with Crippen LogP contribution in [0.15, 0.2) is 12.5 Å². The normalized spacial score (nSPS) is 15.7. The van der Waals surface area contributed by atoms with Crippen molar-refractivity contribution in [2.24, 2.45) is 23.5 Å². The number of rotatable bonds is 15. The van der Waals surface area contributed by atoms with E-state index in [0.29, 0.717) is 18.5 Å². The van der Waals surface area contributed by atoms with E-state index in [4.69, 9.17) is 5.73 Å². The molecule has 5 unspecified atom stereocenters. The van der Waals surface area contributed by atoms with E-state index in [9.17, 15) is 24.3 Å². The molecule has 1 aromatic rings. The van der Waals surface area contributed by atoms with Crippen molar-refractivity contribution in [2.45, 2.75) is 91.4 Å². The van der Waals surface area contributed by atoms with E-state index >= 15 is 0 Å². The van der Waals surface area contributed by atoms with Crippen molar-refractivity contribution in [2.75, 3.05) is 0 Å². The maximum Gasteiger partial charge on any atom is 0.326 e. The van der Waals surface area contributed by atoms with Gasteiger partial charge in [-0.1, -0.05) is 48.0 Å². The van der Waals surface area contributed by atoms with E-state index < -0.39 is 47.9 Å². The molecule has 0 saturated carbocycles. The molecule has 1 rings (SSSR count). The van der Waals surface area contributed by atoms with E-state index in [-0.39, 0.29) is 30.6 Å². The number of aromatic nitrogens is 2. The molecule has 1 aromatic heterocycles. The first-order valence-electron chi connectivity index (χ1n) is 12.2. The van der Waals surface area contributed by atoms with Crippen LogP contribution in [0.4, 0.5) is 0 Å². The molecule has 11 heteroatoms. The maximum atomic E-state index is 13.3. The zero-order valence-electron chi connectivity index (χ0n) is 21.6. The quantitative estimate of drug-likeness (QED) is 0.210. The lowest BCUT2D eigenvalue weighted by atomic mass is 9.98. The third-order valence-corrected chi connectivity index (χ3v) is 5.83. The van der Waals surface area contributed by atoms with Gasteiger partial charge in [-0.05, 0) is 30.6 Å². The number of amides is 3. The summed E-state index contributed by atoms with van der Waals surface area (Å²) in [5, 5.41) is 17.5. The Bertz CT molecular complexity index is 826. The van der Waals surface area contributed by atoms with Gasteiger partial charge < -0.3 is 31.8 Å². The summed E-state index contributed by atoms with van der Waals surface area (Å²) in [5.74, 6) is -2.74. The van der Waals surface area contributed by atoms with Crippen LogP contribution in [0.2, 0.25) is 0 Å². The highest BCUT2D eigenvalue weighted by Gasteiger charge is 2.32. The zero-order chi connectivity index (χ0) is 26.7. The molecule has 1 heterocycles. The lowest BCUT2D eigenvalue weighted by Crippen LogP contribution is -2.58. The molecule has 0 fully saturated rings. The van der Waals surface area contributed by atoms with Crippen LogP contribution in [0.3, 0.4) is 0 Å². The number of hydrogen-bond donors (Lipinski definition) is 6. The first-order chi connectivity index (χ1) is 16.3. The van der Waals surface area contributed by atoms with Crippen LogP contribution in [0.25, 0.3) is 0 Å². The zero-order valence-corrected chi connectivity index (χ0v) is 21.6. The van der Waals surface area contributed by atoms with Crippen molar-refractivity contribution in [1.29, 1.82) is 0 Å². The molecule has 35 heavy (non-hydrogen) atoms. The van der Waals surface area contributed by atoms with Gasteiger partial charge in [0.05, 0.1) is 12.4 Å². The number of carbonyl (C=O) groups is 4. The van der Waals surface area contributed by atoms with E-state index in [2.05, 4.69) is 25.9 Å². The Labute approximate surface area is 207 Å². The van der Waals surface area contributed by atoms with Crippen LogP contribution in [0.1, 0.15) is 66.5 Å². The summed E-state index contributed by atoms with van der Waals surface area (Å²) in [5.41, 5.74) is 6.67. The number of hydrogen-bond acceptors (Lipinski definition) is 6. The second kappa shape index (κ2) is 14.4. The number of imidazole rings is 1. The fourth-order valence-electron chi connectivity index (χ4n) is 3.55. The van der Waals surface area contributed by atoms with Crippen molar-refractivity contribution in [3.05, 3.63) is 18.2 Å². The highest BCUT2D eigenvalue weighted by molar-refractivity contribution is 5.94. The fourth-order valence-corrected chi connectivity index (χ4v) is 3.55. The number of nitrogens with zero attached hydrogens (tertiary/aromatic N) is 1. The standard InChI is InChI=1S/C24H42N6O5/c1-7-15(6)20(25)23(33)29-18(10-16-11-26-12-27-16)22(32)28-17(8-13(2)3)21(31)30-19(24(34)35)9-14(4)5/h11-15,17-20H,7-10,25H2,1-6H3,(H,26,27)(H,28,32)(H,29,33)(H,30,31)(H,34,35). The number of aromatic amines is 1. The molecule has 0 bridgehead atoms. The molecular formula is C24H42N6O5. The van der Waals surface area contributed by atoms with Crippen LogP contribution in [0, 0.1) is 17.8 Å². The summed E-state index contributed by atoms with van der Waals surface area (Å²) >= 11 is 0. The summed E-state index contributed by atoms with van der Waals surface area (Å²) in [6.45, 7) is 11.3. The molecule has 0 saturated heterocycles. The minimum atomic E-state index is -1.13.